The molecule has 0 spiro atoms. The summed E-state index contributed by atoms with van der Waals surface area (Å²) >= 11 is 3.65. The fourth-order valence-electron chi connectivity index (χ4n) is 2.07. The monoisotopic (exact) mass is 327 g/mol. The van der Waals surface area contributed by atoms with E-state index in [1.54, 1.807) is 0 Å². The number of nitrogens with one attached hydrogen (secondary N) is 1. The standard InChI is InChI=1S/C16H26BrNO/c1-3-5-11-19-12-10-14(13-18-4-2)15-8-6-7-9-16(15)17/h6-9,14,18H,3-5,10-13H2,1-2H3. The molecule has 0 saturated heterocycles. The average molecular weight is 328 g/mol. The highest BCUT2D eigenvalue weighted by atomic mass is 79.9. The quantitative estimate of drug-likeness (QED) is 0.645. The lowest BCUT2D eigenvalue weighted by Gasteiger charge is -2.19. The van der Waals surface area contributed by atoms with E-state index in [4.69, 9.17) is 4.74 Å². The third kappa shape index (κ3) is 6.55. The van der Waals surface area contributed by atoms with Gasteiger partial charge in [0.05, 0.1) is 0 Å². The van der Waals surface area contributed by atoms with Crippen molar-refractivity contribution < 1.29 is 4.74 Å². The van der Waals surface area contributed by atoms with Crippen molar-refractivity contribution in [2.75, 3.05) is 26.3 Å². The number of unbranched alkanes of at least 4 members (excludes halogenated alkanes) is 1. The molecule has 19 heavy (non-hydrogen) atoms. The molecule has 2 nitrogen and oxygen atoms in total. The van der Waals surface area contributed by atoms with Crippen LogP contribution in [0, 0.1) is 0 Å². The van der Waals surface area contributed by atoms with E-state index in [0.717, 1.165) is 39.1 Å². The first-order chi connectivity index (χ1) is 9.29. The number of likely N-dealkylation sites (N-methyl/N-ethyl adjacent to an activating group) is 1. The summed E-state index contributed by atoms with van der Waals surface area (Å²) in [4.78, 5) is 0. The Hall–Kier alpha value is -0.380. The van der Waals surface area contributed by atoms with Crippen LogP contribution in [-0.2, 0) is 4.74 Å². The van der Waals surface area contributed by atoms with Crippen molar-refractivity contribution in [3.8, 4) is 0 Å². The Bertz CT molecular complexity index is 343. The molecule has 0 radical (unpaired) electrons. The smallest absolute Gasteiger partial charge is 0.0472 e. The maximum atomic E-state index is 5.70. The van der Waals surface area contributed by atoms with Gasteiger partial charge in [-0.25, -0.2) is 0 Å². The number of hydrogen-bond acceptors (Lipinski definition) is 2. The minimum Gasteiger partial charge on any atom is -0.381 e. The maximum absolute atomic E-state index is 5.70. The van der Waals surface area contributed by atoms with E-state index in [-0.39, 0.29) is 0 Å². The molecule has 1 unspecified atom stereocenters. The molecule has 0 aliphatic rings. The molecule has 0 heterocycles. The van der Waals surface area contributed by atoms with E-state index < -0.39 is 0 Å². The molecule has 1 N–H and O–H groups in total. The lowest BCUT2D eigenvalue weighted by molar-refractivity contribution is 0.124. The van der Waals surface area contributed by atoms with Crippen molar-refractivity contribution in [1.82, 2.24) is 5.32 Å². The van der Waals surface area contributed by atoms with Gasteiger partial charge in [-0.1, -0.05) is 54.4 Å². The first kappa shape index (κ1) is 16.7. The van der Waals surface area contributed by atoms with Gasteiger partial charge in [0.1, 0.15) is 0 Å². The van der Waals surface area contributed by atoms with Crippen molar-refractivity contribution in [2.24, 2.45) is 0 Å². The van der Waals surface area contributed by atoms with Crippen LogP contribution in [-0.4, -0.2) is 26.3 Å². The first-order valence-electron chi connectivity index (χ1n) is 7.32. The molecule has 0 aliphatic heterocycles. The van der Waals surface area contributed by atoms with Crippen LogP contribution in [0.5, 0.6) is 0 Å². The van der Waals surface area contributed by atoms with Crippen LogP contribution < -0.4 is 5.32 Å². The van der Waals surface area contributed by atoms with Gasteiger partial charge in [-0.15, -0.1) is 0 Å². The van der Waals surface area contributed by atoms with Crippen LogP contribution in [0.2, 0.25) is 0 Å². The molecule has 1 aromatic carbocycles. The minimum absolute atomic E-state index is 0.511. The van der Waals surface area contributed by atoms with Gasteiger partial charge in [0, 0.05) is 24.2 Å². The topological polar surface area (TPSA) is 21.3 Å². The fraction of sp³-hybridized carbons (Fsp3) is 0.625. The number of hydrogen-bond donors (Lipinski definition) is 1. The average Bonchev–Trinajstić information content (AvgIpc) is 2.43. The molecule has 108 valence electrons. The van der Waals surface area contributed by atoms with Crippen LogP contribution in [0.3, 0.4) is 0 Å². The summed E-state index contributed by atoms with van der Waals surface area (Å²) in [7, 11) is 0. The molecule has 0 aromatic heterocycles. The molecule has 3 heteroatoms. The van der Waals surface area contributed by atoms with E-state index in [1.807, 2.05) is 0 Å². The Balaban J connectivity index is 2.49. The van der Waals surface area contributed by atoms with E-state index in [1.165, 1.54) is 16.5 Å². The lowest BCUT2D eigenvalue weighted by Crippen LogP contribution is -2.22. The molecule has 0 fully saturated rings. The summed E-state index contributed by atoms with van der Waals surface area (Å²) < 4.78 is 6.90. The van der Waals surface area contributed by atoms with Gasteiger partial charge >= 0.3 is 0 Å². The van der Waals surface area contributed by atoms with Gasteiger partial charge < -0.3 is 10.1 Å². The SMILES string of the molecule is CCCCOCCC(CNCC)c1ccccc1Br. The third-order valence-corrected chi connectivity index (χ3v) is 3.96. The summed E-state index contributed by atoms with van der Waals surface area (Å²) in [6.07, 6.45) is 3.43. The molecule has 1 atom stereocenters. The van der Waals surface area contributed by atoms with Crippen molar-refractivity contribution in [2.45, 2.75) is 39.0 Å². The summed E-state index contributed by atoms with van der Waals surface area (Å²) in [5, 5.41) is 3.45. The summed E-state index contributed by atoms with van der Waals surface area (Å²) in [5.74, 6) is 0.511. The van der Waals surface area contributed by atoms with Crippen LogP contribution in [0.4, 0.5) is 0 Å². The highest BCUT2D eigenvalue weighted by Crippen LogP contribution is 2.27. The third-order valence-electron chi connectivity index (χ3n) is 3.24. The number of rotatable bonds is 10. The van der Waals surface area contributed by atoms with Gasteiger partial charge in [-0.3, -0.25) is 0 Å². The Morgan fingerprint density at radius 1 is 1.21 bits per heavy atom. The first-order valence-corrected chi connectivity index (χ1v) is 8.11. The molecule has 0 bridgehead atoms. The van der Waals surface area contributed by atoms with E-state index in [0.29, 0.717) is 5.92 Å². The van der Waals surface area contributed by atoms with Crippen molar-refractivity contribution in [1.29, 1.82) is 0 Å². The van der Waals surface area contributed by atoms with E-state index >= 15 is 0 Å². The van der Waals surface area contributed by atoms with Crippen molar-refractivity contribution in [3.05, 3.63) is 34.3 Å². The fourth-order valence-corrected chi connectivity index (χ4v) is 2.67. The Morgan fingerprint density at radius 2 is 2.00 bits per heavy atom. The van der Waals surface area contributed by atoms with E-state index in [9.17, 15) is 0 Å². The molecule has 1 rings (SSSR count). The van der Waals surface area contributed by atoms with Crippen LogP contribution in [0.25, 0.3) is 0 Å². The summed E-state index contributed by atoms with van der Waals surface area (Å²) in [5.41, 5.74) is 1.38. The number of ether oxygens (including phenoxy) is 1. The van der Waals surface area contributed by atoms with Gasteiger partial charge in [0.25, 0.3) is 0 Å². The minimum atomic E-state index is 0.511. The van der Waals surface area contributed by atoms with Crippen LogP contribution in [0.1, 0.15) is 44.6 Å². The van der Waals surface area contributed by atoms with Crippen molar-refractivity contribution in [3.63, 3.8) is 0 Å². The molecular formula is C16H26BrNO. The second kappa shape index (κ2) is 10.4. The second-order valence-electron chi connectivity index (χ2n) is 4.78. The molecule has 0 amide bonds. The number of halogens is 1. The maximum Gasteiger partial charge on any atom is 0.0472 e. The van der Waals surface area contributed by atoms with Gasteiger partial charge in [-0.05, 0) is 36.9 Å². The Labute approximate surface area is 126 Å². The predicted molar refractivity (Wildman–Crippen MR) is 85.8 cm³/mol. The zero-order valence-corrected chi connectivity index (χ0v) is 13.7. The molecule has 0 saturated carbocycles. The largest absolute Gasteiger partial charge is 0.381 e. The van der Waals surface area contributed by atoms with Crippen molar-refractivity contribution >= 4 is 15.9 Å². The lowest BCUT2D eigenvalue weighted by atomic mass is 9.96. The summed E-state index contributed by atoms with van der Waals surface area (Å²) in [6.45, 7) is 8.10. The van der Waals surface area contributed by atoms with Gasteiger partial charge in [0.15, 0.2) is 0 Å². The van der Waals surface area contributed by atoms with E-state index in [2.05, 4.69) is 59.4 Å². The zero-order chi connectivity index (χ0) is 13.9. The molecular weight excluding hydrogens is 302 g/mol. The molecule has 1 aromatic rings. The summed E-state index contributed by atoms with van der Waals surface area (Å²) in [6, 6.07) is 8.50. The normalized spacial score (nSPS) is 12.6. The second-order valence-corrected chi connectivity index (χ2v) is 5.64. The highest BCUT2D eigenvalue weighted by Gasteiger charge is 2.13. The van der Waals surface area contributed by atoms with Gasteiger partial charge in [0.2, 0.25) is 0 Å². The predicted octanol–water partition coefficient (Wildman–Crippen LogP) is 4.35. The highest BCUT2D eigenvalue weighted by molar-refractivity contribution is 9.10. The van der Waals surface area contributed by atoms with Crippen LogP contribution in [0.15, 0.2) is 28.7 Å². The van der Waals surface area contributed by atoms with Gasteiger partial charge in [-0.2, -0.15) is 0 Å². The molecule has 0 aliphatic carbocycles. The zero-order valence-electron chi connectivity index (χ0n) is 12.1. The van der Waals surface area contributed by atoms with Crippen LogP contribution >= 0.6 is 15.9 Å². The Morgan fingerprint density at radius 3 is 2.68 bits per heavy atom. The number of benzene rings is 1. The Kier molecular flexibility index (Phi) is 9.14.